The Morgan fingerprint density at radius 1 is 0.889 bits per heavy atom. The quantitative estimate of drug-likeness (QED) is 0.242. The summed E-state index contributed by atoms with van der Waals surface area (Å²) in [6.45, 7) is 1.87. The van der Waals surface area contributed by atoms with Gasteiger partial charge < -0.3 is 19.2 Å². The fourth-order valence-electron chi connectivity index (χ4n) is 4.42. The molecule has 36 heavy (non-hydrogen) atoms. The molecular formula is C30H24ClNO4. The fraction of sp³-hybridized carbons (Fsp3) is 0.100. The van der Waals surface area contributed by atoms with Gasteiger partial charge in [-0.05, 0) is 53.1 Å². The van der Waals surface area contributed by atoms with Gasteiger partial charge >= 0.3 is 0 Å². The predicted octanol–water partition coefficient (Wildman–Crippen LogP) is 7.97. The van der Waals surface area contributed by atoms with Gasteiger partial charge in [-0.2, -0.15) is 0 Å². The lowest BCUT2D eigenvalue weighted by Crippen LogP contribution is -2.09. The van der Waals surface area contributed by atoms with Crippen LogP contribution in [-0.4, -0.2) is 20.1 Å². The van der Waals surface area contributed by atoms with Crippen molar-refractivity contribution < 1.29 is 18.7 Å². The fourth-order valence-corrected chi connectivity index (χ4v) is 4.59. The first-order valence-corrected chi connectivity index (χ1v) is 11.8. The number of benzene rings is 4. The second kappa shape index (κ2) is 9.80. The van der Waals surface area contributed by atoms with Crippen molar-refractivity contribution >= 4 is 50.5 Å². The van der Waals surface area contributed by atoms with Crippen molar-refractivity contribution in [3.63, 3.8) is 0 Å². The van der Waals surface area contributed by atoms with Crippen LogP contribution >= 0.6 is 11.6 Å². The van der Waals surface area contributed by atoms with Crippen LogP contribution in [-0.2, 0) is 4.79 Å². The van der Waals surface area contributed by atoms with Gasteiger partial charge in [0.25, 0.3) is 0 Å². The highest BCUT2D eigenvalue weighted by atomic mass is 35.5. The zero-order chi connectivity index (χ0) is 25.2. The number of hydrogen-bond acceptors (Lipinski definition) is 4. The topological polar surface area (TPSA) is 60.7 Å². The Morgan fingerprint density at radius 2 is 1.67 bits per heavy atom. The van der Waals surface area contributed by atoms with Crippen LogP contribution in [0.15, 0.2) is 89.6 Å². The van der Waals surface area contributed by atoms with Crippen LogP contribution in [0.25, 0.3) is 38.4 Å². The number of halogens is 1. The van der Waals surface area contributed by atoms with E-state index in [0.717, 1.165) is 38.4 Å². The molecule has 0 aliphatic carbocycles. The predicted molar refractivity (Wildman–Crippen MR) is 146 cm³/mol. The van der Waals surface area contributed by atoms with E-state index in [1.54, 1.807) is 38.7 Å². The van der Waals surface area contributed by atoms with Crippen molar-refractivity contribution in [1.82, 2.24) is 0 Å². The average Bonchev–Trinajstić information content (AvgIpc) is 3.30. The monoisotopic (exact) mass is 497 g/mol. The van der Waals surface area contributed by atoms with Gasteiger partial charge in [0.05, 0.1) is 26.2 Å². The molecule has 0 radical (unpaired) electrons. The van der Waals surface area contributed by atoms with Crippen molar-refractivity contribution in [2.75, 3.05) is 19.5 Å². The summed E-state index contributed by atoms with van der Waals surface area (Å²) in [7, 11) is 3.14. The Labute approximate surface area is 213 Å². The number of amides is 1. The second-order valence-electron chi connectivity index (χ2n) is 8.39. The molecule has 0 saturated carbocycles. The van der Waals surface area contributed by atoms with Crippen LogP contribution in [0.2, 0.25) is 5.02 Å². The number of carbonyl (C=O) groups excluding carboxylic acids is 1. The smallest absolute Gasteiger partial charge is 0.248 e. The molecule has 180 valence electrons. The molecule has 5 nitrogen and oxygen atoms in total. The van der Waals surface area contributed by atoms with Crippen LogP contribution in [0.1, 0.15) is 12.5 Å². The average molecular weight is 498 g/mol. The zero-order valence-corrected chi connectivity index (χ0v) is 20.8. The van der Waals surface area contributed by atoms with E-state index in [4.69, 9.17) is 25.5 Å². The summed E-state index contributed by atoms with van der Waals surface area (Å²) in [5, 5.41) is 6.58. The normalized spacial score (nSPS) is 11.6. The second-order valence-corrected chi connectivity index (χ2v) is 8.82. The number of fused-ring (bicyclic) bond motifs is 2. The maximum Gasteiger partial charge on any atom is 0.248 e. The van der Waals surface area contributed by atoms with E-state index in [0.29, 0.717) is 27.8 Å². The van der Waals surface area contributed by atoms with Crippen molar-refractivity contribution in [3.8, 4) is 22.6 Å². The Balaban J connectivity index is 1.56. The SMILES string of the molecule is COc1ccc(Cl)cc1NC(=O)/C=C(\C)c1cc2c(-c3cccc4ccccc34)coc2cc1OC. The molecule has 1 aromatic heterocycles. The van der Waals surface area contributed by atoms with Crippen molar-refractivity contribution in [3.05, 3.63) is 95.7 Å². The molecule has 0 bridgehead atoms. The van der Waals surface area contributed by atoms with E-state index in [2.05, 4.69) is 29.6 Å². The minimum Gasteiger partial charge on any atom is -0.496 e. The van der Waals surface area contributed by atoms with Gasteiger partial charge in [-0.3, -0.25) is 4.79 Å². The minimum absolute atomic E-state index is 0.309. The first-order valence-electron chi connectivity index (χ1n) is 11.4. The minimum atomic E-state index is -0.309. The molecule has 0 saturated heterocycles. The number of methoxy groups -OCH3 is 2. The summed E-state index contributed by atoms with van der Waals surface area (Å²) in [5.74, 6) is 0.829. The van der Waals surface area contributed by atoms with Crippen molar-refractivity contribution in [2.45, 2.75) is 6.92 Å². The third-order valence-electron chi connectivity index (χ3n) is 6.17. The number of rotatable bonds is 6. The Hall–Kier alpha value is -4.22. The van der Waals surface area contributed by atoms with E-state index in [-0.39, 0.29) is 5.91 Å². The third kappa shape index (κ3) is 4.41. The number of ether oxygens (including phenoxy) is 2. The van der Waals surface area contributed by atoms with Crippen molar-refractivity contribution in [1.29, 1.82) is 0 Å². The summed E-state index contributed by atoms with van der Waals surface area (Å²) in [5.41, 5.74) is 4.79. The molecule has 0 spiro atoms. The number of hydrogen-bond donors (Lipinski definition) is 1. The third-order valence-corrected chi connectivity index (χ3v) is 6.40. The number of anilines is 1. The highest BCUT2D eigenvalue weighted by Crippen LogP contribution is 2.39. The van der Waals surface area contributed by atoms with Gasteiger partial charge in [-0.15, -0.1) is 0 Å². The Bertz CT molecular complexity index is 1630. The first kappa shape index (κ1) is 23.5. The van der Waals surface area contributed by atoms with Crippen LogP contribution in [0, 0.1) is 0 Å². The standard InChI is InChI=1S/C30H24ClNO4/c1-18(13-30(33)32-26-14-20(31)11-12-27(26)34-2)23-15-24-25(17-36-29(24)16-28(23)35-3)22-10-6-8-19-7-4-5-9-21(19)22/h4-17H,1-3H3,(H,32,33)/b18-13+. The lowest BCUT2D eigenvalue weighted by Gasteiger charge is -2.12. The van der Waals surface area contributed by atoms with Crippen LogP contribution < -0.4 is 14.8 Å². The molecule has 5 aromatic rings. The molecule has 0 fully saturated rings. The number of nitrogens with one attached hydrogen (secondary N) is 1. The molecule has 1 amide bonds. The molecular weight excluding hydrogens is 474 g/mol. The summed E-state index contributed by atoms with van der Waals surface area (Å²) < 4.78 is 16.9. The van der Waals surface area contributed by atoms with E-state index < -0.39 is 0 Å². The van der Waals surface area contributed by atoms with Gasteiger partial charge in [0, 0.05) is 33.7 Å². The van der Waals surface area contributed by atoms with Gasteiger partial charge in [0.15, 0.2) is 0 Å². The van der Waals surface area contributed by atoms with Crippen LogP contribution in [0.3, 0.4) is 0 Å². The van der Waals surface area contributed by atoms with Crippen LogP contribution in [0.4, 0.5) is 5.69 Å². The molecule has 4 aromatic carbocycles. The number of carbonyl (C=O) groups is 1. The largest absolute Gasteiger partial charge is 0.496 e. The summed E-state index contributed by atoms with van der Waals surface area (Å²) in [6.07, 6.45) is 3.30. The Kier molecular flexibility index (Phi) is 6.40. The number of allylic oxidation sites excluding steroid dienone is 1. The Morgan fingerprint density at radius 3 is 2.47 bits per heavy atom. The van der Waals surface area contributed by atoms with Gasteiger partial charge in [-0.25, -0.2) is 0 Å². The zero-order valence-electron chi connectivity index (χ0n) is 20.1. The highest BCUT2D eigenvalue weighted by Gasteiger charge is 2.16. The first-order chi connectivity index (χ1) is 17.5. The molecule has 1 N–H and O–H groups in total. The number of furan rings is 1. The molecule has 5 rings (SSSR count). The lowest BCUT2D eigenvalue weighted by atomic mass is 9.96. The van der Waals surface area contributed by atoms with Gasteiger partial charge in [0.1, 0.15) is 17.1 Å². The van der Waals surface area contributed by atoms with Gasteiger partial charge in [-0.1, -0.05) is 54.1 Å². The molecule has 0 aliphatic heterocycles. The van der Waals surface area contributed by atoms with Crippen LogP contribution in [0.5, 0.6) is 11.5 Å². The molecule has 6 heteroatoms. The summed E-state index contributed by atoms with van der Waals surface area (Å²) >= 11 is 6.10. The molecule has 0 atom stereocenters. The molecule has 1 heterocycles. The summed E-state index contributed by atoms with van der Waals surface area (Å²) in [6, 6.07) is 23.4. The molecule has 0 unspecified atom stereocenters. The summed E-state index contributed by atoms with van der Waals surface area (Å²) in [4.78, 5) is 12.9. The van der Waals surface area contributed by atoms with E-state index in [9.17, 15) is 4.79 Å². The van der Waals surface area contributed by atoms with E-state index in [1.807, 2.05) is 37.3 Å². The van der Waals surface area contributed by atoms with Crippen molar-refractivity contribution in [2.24, 2.45) is 0 Å². The van der Waals surface area contributed by atoms with E-state index in [1.165, 1.54) is 6.08 Å². The highest BCUT2D eigenvalue weighted by molar-refractivity contribution is 6.31. The molecule has 0 aliphatic rings. The van der Waals surface area contributed by atoms with Gasteiger partial charge in [0.2, 0.25) is 5.91 Å². The maximum atomic E-state index is 12.9. The maximum absolute atomic E-state index is 12.9. The lowest BCUT2D eigenvalue weighted by molar-refractivity contribution is -0.111. The van der Waals surface area contributed by atoms with E-state index >= 15 is 0 Å².